The van der Waals surface area contributed by atoms with Crippen molar-refractivity contribution in [3.8, 4) is 0 Å². The van der Waals surface area contributed by atoms with E-state index < -0.39 is 0 Å². The van der Waals surface area contributed by atoms with Crippen LogP contribution in [0.15, 0.2) is 16.2 Å². The highest BCUT2D eigenvalue weighted by atomic mass is 35.5. The zero-order valence-electron chi connectivity index (χ0n) is 11.4. The summed E-state index contributed by atoms with van der Waals surface area (Å²) in [5.74, 6) is 1.47. The first kappa shape index (κ1) is 15.4. The second-order valence-corrected chi connectivity index (χ2v) is 5.99. The quantitative estimate of drug-likeness (QED) is 0.903. The summed E-state index contributed by atoms with van der Waals surface area (Å²) >= 11 is 13.7. The van der Waals surface area contributed by atoms with E-state index in [0.717, 1.165) is 23.9 Å². The van der Waals surface area contributed by atoms with Gasteiger partial charge in [-0.3, -0.25) is 0 Å². The third-order valence-corrected chi connectivity index (χ3v) is 4.41. The number of pyridine rings is 1. The number of halogens is 2. The highest BCUT2D eigenvalue weighted by Gasteiger charge is 2.14. The molecule has 0 spiro atoms. The van der Waals surface area contributed by atoms with Crippen molar-refractivity contribution in [1.82, 2.24) is 19.7 Å². The predicted molar refractivity (Wildman–Crippen MR) is 82.9 cm³/mol. The minimum atomic E-state index is 0.503. The van der Waals surface area contributed by atoms with Crippen LogP contribution in [-0.2, 0) is 7.05 Å². The molecule has 1 N–H and O–H groups in total. The lowest BCUT2D eigenvalue weighted by Crippen LogP contribution is -2.03. The molecule has 0 aliphatic carbocycles. The summed E-state index contributed by atoms with van der Waals surface area (Å²) in [6, 6.07) is 1.69. The highest BCUT2D eigenvalue weighted by Crippen LogP contribution is 2.35. The molecule has 0 saturated heterocycles. The Morgan fingerprint density at radius 2 is 2.05 bits per heavy atom. The molecule has 2 rings (SSSR count). The SMILES string of the molecule is CCCNc1nc(Sc2nnc(C)n2C)c(Cl)cc1Cl. The van der Waals surface area contributed by atoms with Gasteiger partial charge in [0.1, 0.15) is 16.7 Å². The van der Waals surface area contributed by atoms with Gasteiger partial charge in [-0.2, -0.15) is 0 Å². The van der Waals surface area contributed by atoms with E-state index in [1.807, 2.05) is 18.5 Å². The van der Waals surface area contributed by atoms with Gasteiger partial charge in [0.15, 0.2) is 5.16 Å². The molecule has 0 amide bonds. The van der Waals surface area contributed by atoms with Crippen molar-refractivity contribution in [1.29, 1.82) is 0 Å². The second kappa shape index (κ2) is 6.65. The maximum absolute atomic E-state index is 6.19. The van der Waals surface area contributed by atoms with Crippen LogP contribution in [0.4, 0.5) is 5.82 Å². The molecule has 20 heavy (non-hydrogen) atoms. The molecular formula is C12H15Cl2N5S. The summed E-state index contributed by atoms with van der Waals surface area (Å²) in [7, 11) is 1.90. The van der Waals surface area contributed by atoms with Gasteiger partial charge in [0.05, 0.1) is 10.0 Å². The maximum Gasteiger partial charge on any atom is 0.197 e. The van der Waals surface area contributed by atoms with Crippen LogP contribution in [0.3, 0.4) is 0 Å². The van der Waals surface area contributed by atoms with Gasteiger partial charge < -0.3 is 9.88 Å². The minimum Gasteiger partial charge on any atom is -0.369 e. The first-order valence-corrected chi connectivity index (χ1v) is 7.74. The summed E-state index contributed by atoms with van der Waals surface area (Å²) in [6.07, 6.45) is 0.992. The highest BCUT2D eigenvalue weighted by molar-refractivity contribution is 7.99. The Hall–Kier alpha value is -0.980. The van der Waals surface area contributed by atoms with Gasteiger partial charge in [-0.05, 0) is 31.2 Å². The molecule has 0 aliphatic rings. The second-order valence-electron chi connectivity index (χ2n) is 4.22. The Morgan fingerprint density at radius 1 is 1.30 bits per heavy atom. The summed E-state index contributed by atoms with van der Waals surface area (Å²) in [5, 5.41) is 13.7. The molecule has 0 radical (unpaired) electrons. The molecule has 2 heterocycles. The lowest BCUT2D eigenvalue weighted by atomic mass is 10.4. The fourth-order valence-corrected chi connectivity index (χ4v) is 2.81. The average Bonchev–Trinajstić information content (AvgIpc) is 2.72. The van der Waals surface area contributed by atoms with E-state index in [9.17, 15) is 0 Å². The fourth-order valence-electron chi connectivity index (χ4n) is 1.45. The number of aryl methyl sites for hydroxylation is 1. The number of nitrogens with zero attached hydrogens (tertiary/aromatic N) is 4. The van der Waals surface area contributed by atoms with Crippen LogP contribution >= 0.6 is 35.0 Å². The first-order chi connectivity index (χ1) is 9.52. The summed E-state index contributed by atoms with van der Waals surface area (Å²) < 4.78 is 1.89. The van der Waals surface area contributed by atoms with E-state index in [1.165, 1.54) is 11.8 Å². The number of aromatic nitrogens is 4. The summed E-state index contributed by atoms with van der Waals surface area (Å²) in [6.45, 7) is 4.78. The van der Waals surface area contributed by atoms with Crippen LogP contribution in [0.25, 0.3) is 0 Å². The molecule has 2 aromatic rings. The Morgan fingerprint density at radius 3 is 2.65 bits per heavy atom. The van der Waals surface area contributed by atoms with Gasteiger partial charge in [0, 0.05) is 13.6 Å². The van der Waals surface area contributed by atoms with Gasteiger partial charge in [-0.15, -0.1) is 10.2 Å². The van der Waals surface area contributed by atoms with Crippen molar-refractivity contribution in [3.63, 3.8) is 0 Å². The Balaban J connectivity index is 2.29. The third kappa shape index (κ3) is 3.37. The number of hydrogen-bond donors (Lipinski definition) is 1. The number of nitrogens with one attached hydrogen (secondary N) is 1. The standard InChI is InChI=1S/C12H15Cl2N5S/c1-4-5-15-10-8(13)6-9(14)11(16-10)20-12-18-17-7(2)19(12)3/h6H,4-5H2,1-3H3,(H,15,16). The Bertz CT molecular complexity index is 614. The summed E-state index contributed by atoms with van der Waals surface area (Å²) in [5.41, 5.74) is 0. The molecule has 2 aromatic heterocycles. The van der Waals surface area contributed by atoms with Gasteiger partial charge in [0.2, 0.25) is 0 Å². The van der Waals surface area contributed by atoms with Gasteiger partial charge in [0.25, 0.3) is 0 Å². The van der Waals surface area contributed by atoms with Crippen molar-refractivity contribution in [3.05, 3.63) is 21.9 Å². The minimum absolute atomic E-state index is 0.503. The van der Waals surface area contributed by atoms with Crippen molar-refractivity contribution in [2.45, 2.75) is 30.5 Å². The molecule has 0 atom stereocenters. The van der Waals surface area contributed by atoms with Crippen LogP contribution in [-0.4, -0.2) is 26.3 Å². The van der Waals surface area contributed by atoms with E-state index >= 15 is 0 Å². The van der Waals surface area contributed by atoms with E-state index in [0.29, 0.717) is 20.9 Å². The lowest BCUT2D eigenvalue weighted by molar-refractivity contribution is 0.764. The number of hydrogen-bond acceptors (Lipinski definition) is 5. The van der Waals surface area contributed by atoms with E-state index in [4.69, 9.17) is 23.2 Å². The monoisotopic (exact) mass is 331 g/mol. The zero-order chi connectivity index (χ0) is 14.7. The van der Waals surface area contributed by atoms with Gasteiger partial charge in [-0.1, -0.05) is 30.1 Å². The molecule has 0 saturated carbocycles. The van der Waals surface area contributed by atoms with E-state index in [-0.39, 0.29) is 0 Å². The van der Waals surface area contributed by atoms with Crippen LogP contribution < -0.4 is 5.32 Å². The fraction of sp³-hybridized carbons (Fsp3) is 0.417. The van der Waals surface area contributed by atoms with Crippen molar-refractivity contribution in [2.75, 3.05) is 11.9 Å². The van der Waals surface area contributed by atoms with Gasteiger partial charge in [-0.25, -0.2) is 4.98 Å². The van der Waals surface area contributed by atoms with Crippen LogP contribution in [0.1, 0.15) is 19.2 Å². The van der Waals surface area contributed by atoms with Crippen molar-refractivity contribution < 1.29 is 0 Å². The normalized spacial score (nSPS) is 10.8. The van der Waals surface area contributed by atoms with Crippen LogP contribution in [0.5, 0.6) is 0 Å². The van der Waals surface area contributed by atoms with Gasteiger partial charge >= 0.3 is 0 Å². The van der Waals surface area contributed by atoms with Crippen LogP contribution in [0, 0.1) is 6.92 Å². The Labute approximate surface area is 132 Å². The average molecular weight is 332 g/mol. The number of rotatable bonds is 5. The molecule has 0 unspecified atom stereocenters. The number of anilines is 1. The molecule has 5 nitrogen and oxygen atoms in total. The molecule has 0 aromatic carbocycles. The van der Waals surface area contributed by atoms with E-state index in [1.54, 1.807) is 6.07 Å². The maximum atomic E-state index is 6.19. The molecule has 0 aliphatic heterocycles. The van der Waals surface area contributed by atoms with Crippen molar-refractivity contribution >= 4 is 40.8 Å². The molecule has 0 bridgehead atoms. The summed E-state index contributed by atoms with van der Waals surface area (Å²) in [4.78, 5) is 4.46. The lowest BCUT2D eigenvalue weighted by Gasteiger charge is -2.09. The first-order valence-electron chi connectivity index (χ1n) is 6.16. The molecule has 8 heteroatoms. The van der Waals surface area contributed by atoms with Crippen molar-refractivity contribution in [2.24, 2.45) is 7.05 Å². The molecule has 0 fully saturated rings. The zero-order valence-corrected chi connectivity index (χ0v) is 13.8. The largest absolute Gasteiger partial charge is 0.369 e. The van der Waals surface area contributed by atoms with Crippen LogP contribution in [0.2, 0.25) is 10.0 Å². The predicted octanol–water partition coefficient (Wildman–Crippen LogP) is 3.80. The Kier molecular flexibility index (Phi) is 5.12. The topological polar surface area (TPSA) is 55.6 Å². The van der Waals surface area contributed by atoms with E-state index in [2.05, 4.69) is 27.4 Å². The smallest absolute Gasteiger partial charge is 0.197 e. The molecule has 108 valence electrons. The third-order valence-electron chi connectivity index (χ3n) is 2.68. The molecular weight excluding hydrogens is 317 g/mol.